The van der Waals surface area contributed by atoms with Crippen LogP contribution in [-0.4, -0.2) is 4.98 Å². The normalized spacial score (nSPS) is 11.4. The van der Waals surface area contributed by atoms with E-state index in [0.717, 1.165) is 0 Å². The number of rotatable bonds is 1. The van der Waals surface area contributed by atoms with E-state index in [4.69, 9.17) is 39.2 Å². The molecule has 0 atom stereocenters. The molecule has 0 aliphatic rings. The first-order valence-corrected chi connectivity index (χ1v) is 4.76. The summed E-state index contributed by atoms with van der Waals surface area (Å²) in [7, 11) is 0. The van der Waals surface area contributed by atoms with Crippen molar-refractivity contribution < 1.29 is 4.42 Å². The Morgan fingerprint density at radius 3 is 2.77 bits per heavy atom. The number of benzene rings is 1. The van der Waals surface area contributed by atoms with Gasteiger partial charge in [0, 0.05) is 5.02 Å². The monoisotopic (exact) mass is 235 g/mol. The maximum atomic E-state index is 5.76. The average Bonchev–Trinajstić information content (AvgIpc) is 2.46. The number of nitrogens with zero attached hydrogens (tertiary/aromatic N) is 1. The lowest BCUT2D eigenvalue weighted by atomic mass is 10.3. The van der Waals surface area contributed by atoms with Crippen molar-refractivity contribution in [2.45, 2.75) is 4.84 Å². The van der Waals surface area contributed by atoms with Gasteiger partial charge in [-0.3, -0.25) is 0 Å². The second-order valence-corrected chi connectivity index (χ2v) is 4.00. The van der Waals surface area contributed by atoms with Gasteiger partial charge >= 0.3 is 0 Å². The van der Waals surface area contributed by atoms with E-state index in [-0.39, 0.29) is 0 Å². The van der Waals surface area contributed by atoms with Gasteiger partial charge in [-0.05, 0) is 18.2 Å². The highest BCUT2D eigenvalue weighted by Crippen LogP contribution is 2.28. The molecule has 0 aliphatic heterocycles. The number of hydrogen-bond acceptors (Lipinski definition) is 2. The molecule has 0 aliphatic carbocycles. The molecule has 0 N–H and O–H groups in total. The van der Waals surface area contributed by atoms with Crippen molar-refractivity contribution in [1.82, 2.24) is 4.98 Å². The van der Waals surface area contributed by atoms with Gasteiger partial charge in [-0.25, -0.2) is 4.98 Å². The van der Waals surface area contributed by atoms with E-state index < -0.39 is 4.84 Å². The van der Waals surface area contributed by atoms with Crippen molar-refractivity contribution in [3.8, 4) is 0 Å². The van der Waals surface area contributed by atoms with E-state index in [0.29, 0.717) is 22.0 Å². The predicted octanol–water partition coefficient (Wildman–Crippen LogP) is 3.96. The van der Waals surface area contributed by atoms with Gasteiger partial charge in [0.25, 0.3) is 0 Å². The Bertz CT molecular complexity index is 438. The summed E-state index contributed by atoms with van der Waals surface area (Å²) >= 11 is 16.9. The molecule has 1 aromatic heterocycles. The first-order valence-electron chi connectivity index (χ1n) is 3.51. The number of oxazole rings is 1. The van der Waals surface area contributed by atoms with Gasteiger partial charge in [-0.15, -0.1) is 0 Å². The zero-order chi connectivity index (χ0) is 9.42. The second-order valence-electron chi connectivity index (χ2n) is 2.46. The van der Waals surface area contributed by atoms with Crippen LogP contribution in [0.2, 0.25) is 5.02 Å². The fraction of sp³-hybridized carbons (Fsp3) is 0.125. The summed E-state index contributed by atoms with van der Waals surface area (Å²) in [5.41, 5.74) is 1.29. The molecular formula is C8H4Cl3NO. The van der Waals surface area contributed by atoms with E-state index in [1.165, 1.54) is 0 Å². The summed E-state index contributed by atoms with van der Waals surface area (Å²) < 4.78 is 5.25. The third kappa shape index (κ3) is 1.75. The molecule has 2 nitrogen and oxygen atoms in total. The maximum Gasteiger partial charge on any atom is 0.228 e. The summed E-state index contributed by atoms with van der Waals surface area (Å²) in [6.07, 6.45) is 0. The topological polar surface area (TPSA) is 26.0 Å². The molecule has 0 bridgehead atoms. The van der Waals surface area contributed by atoms with Gasteiger partial charge in [0.15, 0.2) is 10.4 Å². The second kappa shape index (κ2) is 3.37. The minimum atomic E-state index is -0.744. The van der Waals surface area contributed by atoms with Gasteiger partial charge < -0.3 is 4.42 Å². The Morgan fingerprint density at radius 1 is 1.31 bits per heavy atom. The van der Waals surface area contributed by atoms with Crippen LogP contribution in [0.15, 0.2) is 22.6 Å². The largest absolute Gasteiger partial charge is 0.438 e. The zero-order valence-corrected chi connectivity index (χ0v) is 8.57. The van der Waals surface area contributed by atoms with Crippen molar-refractivity contribution in [1.29, 1.82) is 0 Å². The molecule has 0 fully saturated rings. The molecule has 13 heavy (non-hydrogen) atoms. The smallest absolute Gasteiger partial charge is 0.228 e. The van der Waals surface area contributed by atoms with Gasteiger partial charge in [-0.2, -0.15) is 0 Å². The van der Waals surface area contributed by atoms with Crippen molar-refractivity contribution in [2.24, 2.45) is 0 Å². The summed E-state index contributed by atoms with van der Waals surface area (Å²) in [6, 6.07) is 5.14. The predicted molar refractivity (Wildman–Crippen MR) is 53.5 cm³/mol. The van der Waals surface area contributed by atoms with Crippen LogP contribution < -0.4 is 0 Å². The van der Waals surface area contributed by atoms with E-state index in [1.54, 1.807) is 18.2 Å². The molecule has 1 heterocycles. The average molecular weight is 236 g/mol. The molecule has 0 saturated carbocycles. The van der Waals surface area contributed by atoms with Gasteiger partial charge in [0.1, 0.15) is 5.52 Å². The molecule has 2 aromatic rings. The Kier molecular flexibility index (Phi) is 2.37. The molecule has 2 rings (SSSR count). The Labute approximate surface area is 89.4 Å². The summed E-state index contributed by atoms with van der Waals surface area (Å²) in [6.45, 7) is 0. The van der Waals surface area contributed by atoms with Crippen LogP contribution in [0.3, 0.4) is 0 Å². The first kappa shape index (κ1) is 9.13. The Balaban J connectivity index is 2.62. The fourth-order valence-corrected chi connectivity index (χ4v) is 1.36. The van der Waals surface area contributed by atoms with E-state index >= 15 is 0 Å². The minimum absolute atomic E-state index is 0.292. The summed E-state index contributed by atoms with van der Waals surface area (Å²) in [5, 5.41) is 0.605. The fourth-order valence-electron chi connectivity index (χ4n) is 1.01. The Hall–Kier alpha value is -0.440. The highest BCUT2D eigenvalue weighted by molar-refractivity contribution is 6.43. The quantitative estimate of drug-likeness (QED) is 0.701. The van der Waals surface area contributed by atoms with Crippen LogP contribution in [0.5, 0.6) is 0 Å². The highest BCUT2D eigenvalue weighted by Gasteiger charge is 2.12. The van der Waals surface area contributed by atoms with Crippen molar-refractivity contribution in [3.05, 3.63) is 29.1 Å². The third-order valence-electron chi connectivity index (χ3n) is 1.55. The number of aromatic nitrogens is 1. The van der Waals surface area contributed by atoms with Crippen molar-refractivity contribution >= 4 is 45.9 Å². The van der Waals surface area contributed by atoms with Gasteiger partial charge in [0.05, 0.1) is 0 Å². The molecular weight excluding hydrogens is 232 g/mol. The zero-order valence-electron chi connectivity index (χ0n) is 6.30. The molecule has 0 unspecified atom stereocenters. The van der Waals surface area contributed by atoms with E-state index in [1.807, 2.05) is 0 Å². The summed E-state index contributed by atoms with van der Waals surface area (Å²) in [5.74, 6) is 0.292. The number of hydrogen-bond donors (Lipinski definition) is 0. The number of halogens is 3. The van der Waals surface area contributed by atoms with Crippen molar-refractivity contribution in [3.63, 3.8) is 0 Å². The maximum absolute atomic E-state index is 5.76. The molecule has 0 amide bonds. The van der Waals surface area contributed by atoms with Crippen LogP contribution in [0, 0.1) is 0 Å². The summed E-state index contributed by atoms with van der Waals surface area (Å²) in [4.78, 5) is 3.31. The van der Waals surface area contributed by atoms with Crippen molar-refractivity contribution in [2.75, 3.05) is 0 Å². The molecule has 1 aromatic carbocycles. The first-order chi connectivity index (χ1) is 6.16. The Morgan fingerprint density at radius 2 is 2.08 bits per heavy atom. The van der Waals surface area contributed by atoms with Crippen LogP contribution in [0.25, 0.3) is 11.1 Å². The van der Waals surface area contributed by atoms with Crippen LogP contribution >= 0.6 is 34.8 Å². The van der Waals surface area contributed by atoms with Crippen LogP contribution in [-0.2, 0) is 0 Å². The molecule has 0 radical (unpaired) electrons. The lowest BCUT2D eigenvalue weighted by Crippen LogP contribution is -1.78. The number of fused-ring (bicyclic) bond motifs is 1. The highest BCUT2D eigenvalue weighted by atomic mass is 35.5. The van der Waals surface area contributed by atoms with Crippen LogP contribution in [0.1, 0.15) is 10.7 Å². The van der Waals surface area contributed by atoms with Gasteiger partial charge in [-0.1, -0.05) is 34.8 Å². The van der Waals surface area contributed by atoms with Crippen LogP contribution in [0.4, 0.5) is 0 Å². The lowest BCUT2D eigenvalue weighted by molar-refractivity contribution is 0.550. The molecule has 0 saturated heterocycles. The molecule has 68 valence electrons. The van der Waals surface area contributed by atoms with E-state index in [9.17, 15) is 0 Å². The molecule has 5 heteroatoms. The third-order valence-corrected chi connectivity index (χ3v) is 2.16. The minimum Gasteiger partial charge on any atom is -0.438 e. The molecule has 0 spiro atoms. The van der Waals surface area contributed by atoms with E-state index in [2.05, 4.69) is 4.98 Å². The SMILES string of the molecule is Clc1ccc2oc(C(Cl)Cl)nc2c1. The lowest BCUT2D eigenvalue weighted by Gasteiger charge is -1.88. The number of alkyl halides is 2. The standard InChI is InChI=1S/C8H4Cl3NO/c9-4-1-2-6-5(3-4)12-8(13-6)7(10)11/h1-3,7H. The van der Waals surface area contributed by atoms with Gasteiger partial charge in [0.2, 0.25) is 5.89 Å².